The Morgan fingerprint density at radius 1 is 1.28 bits per heavy atom. The molecule has 0 aliphatic carbocycles. The molecule has 3 rings (SSSR count). The van der Waals surface area contributed by atoms with Crippen LogP contribution in [-0.4, -0.2) is 25.9 Å². The van der Waals surface area contributed by atoms with Crippen LogP contribution >= 0.6 is 11.6 Å². The van der Waals surface area contributed by atoms with Gasteiger partial charge in [0.15, 0.2) is 0 Å². The van der Waals surface area contributed by atoms with Crippen LogP contribution < -0.4 is 15.5 Å². The van der Waals surface area contributed by atoms with Crippen LogP contribution in [0.1, 0.15) is 17.9 Å². The van der Waals surface area contributed by atoms with Crippen LogP contribution in [0.15, 0.2) is 36.4 Å². The molecule has 7 heteroatoms. The molecule has 2 aromatic carbocycles. The lowest BCUT2D eigenvalue weighted by atomic mass is 9.89. The minimum Gasteiger partial charge on any atom is -0.376 e. The summed E-state index contributed by atoms with van der Waals surface area (Å²) >= 11 is 6.04. The molecule has 1 aliphatic heterocycles. The average Bonchev–Trinajstić information content (AvgIpc) is 2.53. The van der Waals surface area contributed by atoms with Crippen molar-refractivity contribution in [2.75, 3.05) is 29.6 Å². The van der Waals surface area contributed by atoms with E-state index in [-0.39, 0.29) is 18.2 Å². The Labute approximate surface area is 149 Å². The van der Waals surface area contributed by atoms with Crippen LogP contribution in [0.25, 0.3) is 0 Å². The number of carbonyl (C=O) groups is 2. The maximum absolute atomic E-state index is 13.4. The molecular formula is C18H17ClFN3O2. The zero-order chi connectivity index (χ0) is 18.1. The van der Waals surface area contributed by atoms with E-state index in [4.69, 9.17) is 11.6 Å². The summed E-state index contributed by atoms with van der Waals surface area (Å²) in [4.78, 5) is 26.5. The maximum Gasteiger partial charge on any atom is 0.232 e. The first-order valence-corrected chi connectivity index (χ1v) is 8.10. The molecule has 0 radical (unpaired) electrons. The Bertz CT molecular complexity index is 854. The first kappa shape index (κ1) is 17.2. The molecule has 1 unspecified atom stereocenters. The summed E-state index contributed by atoms with van der Waals surface area (Å²) in [7, 11) is 3.70. The molecule has 1 atom stereocenters. The highest BCUT2D eigenvalue weighted by atomic mass is 35.5. The smallest absolute Gasteiger partial charge is 0.232 e. The average molecular weight is 362 g/mol. The normalized spacial score (nSPS) is 16.0. The summed E-state index contributed by atoms with van der Waals surface area (Å²) in [5.41, 5.74) is 2.26. The summed E-state index contributed by atoms with van der Waals surface area (Å²) < 4.78 is 13.4. The monoisotopic (exact) mass is 361 g/mol. The van der Waals surface area contributed by atoms with E-state index in [1.165, 1.54) is 18.2 Å². The zero-order valence-electron chi connectivity index (χ0n) is 13.8. The number of amides is 2. The third-order valence-electron chi connectivity index (χ3n) is 4.07. The van der Waals surface area contributed by atoms with E-state index in [1.807, 2.05) is 19.0 Å². The first-order chi connectivity index (χ1) is 11.8. The number of hydrogen-bond acceptors (Lipinski definition) is 3. The number of nitrogens with zero attached hydrogens (tertiary/aromatic N) is 1. The van der Waals surface area contributed by atoms with Crippen molar-refractivity contribution >= 4 is 40.5 Å². The molecule has 0 spiro atoms. The SMILES string of the molecule is CN(C)c1ccc(Cl)cc1NC(=O)C1CC(=O)Nc2cc(F)ccc21. The topological polar surface area (TPSA) is 61.4 Å². The van der Waals surface area contributed by atoms with Crippen LogP contribution in [0.3, 0.4) is 0 Å². The Hall–Kier alpha value is -2.60. The number of benzene rings is 2. The number of fused-ring (bicyclic) bond motifs is 1. The molecule has 2 amide bonds. The van der Waals surface area contributed by atoms with Gasteiger partial charge in [0.05, 0.1) is 17.3 Å². The van der Waals surface area contributed by atoms with Gasteiger partial charge in [-0.2, -0.15) is 0 Å². The van der Waals surface area contributed by atoms with Crippen molar-refractivity contribution in [1.29, 1.82) is 0 Å². The summed E-state index contributed by atoms with van der Waals surface area (Å²) in [5.74, 6) is -1.83. The molecule has 5 nitrogen and oxygen atoms in total. The number of anilines is 3. The van der Waals surface area contributed by atoms with E-state index >= 15 is 0 Å². The largest absolute Gasteiger partial charge is 0.376 e. The Morgan fingerprint density at radius 3 is 2.76 bits per heavy atom. The second-order valence-corrected chi connectivity index (χ2v) is 6.52. The predicted octanol–water partition coefficient (Wildman–Crippen LogP) is 3.61. The van der Waals surface area contributed by atoms with Gasteiger partial charge in [-0.15, -0.1) is 0 Å². The Morgan fingerprint density at radius 2 is 2.04 bits per heavy atom. The third-order valence-corrected chi connectivity index (χ3v) is 4.30. The van der Waals surface area contributed by atoms with Gasteiger partial charge in [-0.05, 0) is 35.9 Å². The number of hydrogen-bond donors (Lipinski definition) is 2. The minimum absolute atomic E-state index is 0.00231. The highest BCUT2D eigenvalue weighted by molar-refractivity contribution is 6.31. The highest BCUT2D eigenvalue weighted by Crippen LogP contribution is 2.35. The van der Waals surface area contributed by atoms with Gasteiger partial charge in [-0.25, -0.2) is 4.39 Å². The van der Waals surface area contributed by atoms with Gasteiger partial charge >= 0.3 is 0 Å². The molecule has 0 fully saturated rings. The summed E-state index contributed by atoms with van der Waals surface area (Å²) in [6, 6.07) is 9.22. The van der Waals surface area contributed by atoms with Crippen LogP contribution in [0.4, 0.5) is 21.5 Å². The molecule has 25 heavy (non-hydrogen) atoms. The molecule has 1 heterocycles. The lowest BCUT2D eigenvalue weighted by Crippen LogP contribution is -2.31. The number of nitrogens with one attached hydrogen (secondary N) is 2. The van der Waals surface area contributed by atoms with Gasteiger partial charge in [0.2, 0.25) is 11.8 Å². The van der Waals surface area contributed by atoms with Crippen molar-refractivity contribution in [3.8, 4) is 0 Å². The molecule has 0 aromatic heterocycles. The molecule has 0 bridgehead atoms. The van der Waals surface area contributed by atoms with E-state index in [9.17, 15) is 14.0 Å². The van der Waals surface area contributed by atoms with E-state index < -0.39 is 11.7 Å². The second-order valence-electron chi connectivity index (χ2n) is 6.08. The van der Waals surface area contributed by atoms with E-state index in [1.54, 1.807) is 18.2 Å². The second kappa shape index (κ2) is 6.72. The molecule has 2 aromatic rings. The fraction of sp³-hybridized carbons (Fsp3) is 0.222. The van der Waals surface area contributed by atoms with Gasteiger partial charge in [0.1, 0.15) is 5.82 Å². The summed E-state index contributed by atoms with van der Waals surface area (Å²) in [6.45, 7) is 0. The van der Waals surface area contributed by atoms with Crippen LogP contribution in [-0.2, 0) is 9.59 Å². The van der Waals surface area contributed by atoms with Crippen molar-refractivity contribution in [3.63, 3.8) is 0 Å². The molecule has 2 N–H and O–H groups in total. The molecule has 1 aliphatic rings. The van der Waals surface area contributed by atoms with E-state index in [0.717, 1.165) is 5.69 Å². The van der Waals surface area contributed by atoms with Crippen molar-refractivity contribution < 1.29 is 14.0 Å². The predicted molar refractivity (Wildman–Crippen MR) is 96.8 cm³/mol. The minimum atomic E-state index is -0.696. The lowest BCUT2D eigenvalue weighted by Gasteiger charge is -2.26. The van der Waals surface area contributed by atoms with Crippen LogP contribution in [0.5, 0.6) is 0 Å². The zero-order valence-corrected chi connectivity index (χ0v) is 14.5. The number of carbonyl (C=O) groups excluding carboxylic acids is 2. The van der Waals surface area contributed by atoms with E-state index in [0.29, 0.717) is 22.0 Å². The standard InChI is InChI=1S/C18H17ClFN3O2/c1-23(2)16-6-3-10(19)7-15(16)22-18(25)13-9-17(24)21-14-8-11(20)4-5-12(13)14/h3-8,13H,9H2,1-2H3,(H,21,24)(H,22,25). The Balaban J connectivity index is 1.93. The molecule has 0 saturated carbocycles. The quantitative estimate of drug-likeness (QED) is 0.878. The van der Waals surface area contributed by atoms with Gasteiger partial charge in [0, 0.05) is 31.2 Å². The lowest BCUT2D eigenvalue weighted by molar-refractivity contribution is -0.123. The van der Waals surface area contributed by atoms with Crippen molar-refractivity contribution in [2.45, 2.75) is 12.3 Å². The molecular weight excluding hydrogens is 345 g/mol. The summed E-state index contributed by atoms with van der Waals surface area (Å²) in [5, 5.41) is 5.93. The fourth-order valence-electron chi connectivity index (χ4n) is 2.89. The van der Waals surface area contributed by atoms with Gasteiger partial charge < -0.3 is 15.5 Å². The molecule has 130 valence electrons. The molecule has 0 saturated heterocycles. The van der Waals surface area contributed by atoms with Gasteiger partial charge in [-0.3, -0.25) is 9.59 Å². The fourth-order valence-corrected chi connectivity index (χ4v) is 3.06. The van der Waals surface area contributed by atoms with Crippen LogP contribution in [0.2, 0.25) is 5.02 Å². The Kier molecular flexibility index (Phi) is 4.63. The van der Waals surface area contributed by atoms with Crippen molar-refractivity contribution in [2.24, 2.45) is 0 Å². The highest BCUT2D eigenvalue weighted by Gasteiger charge is 2.31. The third kappa shape index (κ3) is 3.58. The number of rotatable bonds is 3. The van der Waals surface area contributed by atoms with E-state index in [2.05, 4.69) is 10.6 Å². The number of halogens is 2. The van der Waals surface area contributed by atoms with Crippen molar-refractivity contribution in [3.05, 3.63) is 52.8 Å². The van der Waals surface area contributed by atoms with Gasteiger partial charge in [0.25, 0.3) is 0 Å². The van der Waals surface area contributed by atoms with Gasteiger partial charge in [-0.1, -0.05) is 17.7 Å². The first-order valence-electron chi connectivity index (χ1n) is 7.72. The maximum atomic E-state index is 13.4. The van der Waals surface area contributed by atoms with Crippen LogP contribution in [0, 0.1) is 5.82 Å². The van der Waals surface area contributed by atoms with Crippen molar-refractivity contribution in [1.82, 2.24) is 0 Å². The summed E-state index contributed by atoms with van der Waals surface area (Å²) in [6.07, 6.45) is 0.00231.